The normalized spacial score (nSPS) is 18.8. The van der Waals surface area contributed by atoms with Crippen LogP contribution in [0.3, 0.4) is 0 Å². The molecular weight excluding hydrogens is 512 g/mol. The quantitative estimate of drug-likeness (QED) is 0.266. The predicted octanol–water partition coefficient (Wildman–Crippen LogP) is 4.46. The van der Waals surface area contributed by atoms with Crippen LogP contribution in [0.1, 0.15) is 42.4 Å². The molecule has 0 spiro atoms. The van der Waals surface area contributed by atoms with E-state index < -0.39 is 18.3 Å². The molecule has 10 heteroatoms. The van der Waals surface area contributed by atoms with Crippen molar-refractivity contribution in [2.45, 2.75) is 45.0 Å². The van der Waals surface area contributed by atoms with Gasteiger partial charge in [0.15, 0.2) is 6.29 Å². The van der Waals surface area contributed by atoms with Gasteiger partial charge in [-0.15, -0.1) is 0 Å². The fourth-order valence-corrected chi connectivity index (χ4v) is 4.67. The summed E-state index contributed by atoms with van der Waals surface area (Å²) in [5.74, 6) is -0.501. The van der Waals surface area contributed by atoms with Crippen molar-refractivity contribution in [2.75, 3.05) is 18.5 Å². The van der Waals surface area contributed by atoms with Crippen molar-refractivity contribution in [1.29, 1.82) is 0 Å². The van der Waals surface area contributed by atoms with Crippen LogP contribution in [0.2, 0.25) is 0 Å². The van der Waals surface area contributed by atoms with Crippen molar-refractivity contribution in [3.05, 3.63) is 95.8 Å². The lowest BCUT2D eigenvalue weighted by atomic mass is 10.00. The highest BCUT2D eigenvalue weighted by molar-refractivity contribution is 5.91. The number of amides is 2. The standard InChI is InChI=1S/C30H32N4O6/c1-2-38-28(36)16-31-30(37)33-23-13-11-22(12-14-23)29-39-24(17-34-19-32-25-5-3-4-6-26(25)34)15-27(40-29)21-9-7-20(18-35)8-10-21/h3-14,19,24,27,29,35H,2,15-18H2,1H3,(H2,31,33,37). The molecule has 3 atom stereocenters. The van der Waals surface area contributed by atoms with Crippen LogP contribution >= 0.6 is 0 Å². The van der Waals surface area contributed by atoms with E-state index in [1.807, 2.05) is 67.0 Å². The number of carbonyl (C=O) groups is 2. The number of rotatable bonds is 9. The molecule has 1 aliphatic rings. The van der Waals surface area contributed by atoms with E-state index in [0.717, 1.165) is 27.7 Å². The zero-order valence-electron chi connectivity index (χ0n) is 22.2. The van der Waals surface area contributed by atoms with Crippen molar-refractivity contribution in [2.24, 2.45) is 0 Å². The molecular formula is C30H32N4O6. The third-order valence-corrected chi connectivity index (χ3v) is 6.68. The van der Waals surface area contributed by atoms with E-state index in [0.29, 0.717) is 18.7 Å². The first-order valence-corrected chi connectivity index (χ1v) is 13.2. The van der Waals surface area contributed by atoms with Crippen LogP contribution in [0.15, 0.2) is 79.1 Å². The summed E-state index contributed by atoms with van der Waals surface area (Å²) in [6.45, 7) is 2.33. The summed E-state index contributed by atoms with van der Waals surface area (Å²) in [5, 5.41) is 14.6. The van der Waals surface area contributed by atoms with Gasteiger partial charge in [-0.1, -0.05) is 48.5 Å². The van der Waals surface area contributed by atoms with E-state index in [4.69, 9.17) is 14.2 Å². The molecule has 5 rings (SSSR count). The highest BCUT2D eigenvalue weighted by Crippen LogP contribution is 2.38. The molecule has 0 aliphatic carbocycles. The maximum absolute atomic E-state index is 12.1. The average molecular weight is 545 g/mol. The Balaban J connectivity index is 1.31. The average Bonchev–Trinajstić information content (AvgIpc) is 3.39. The van der Waals surface area contributed by atoms with Gasteiger partial charge in [0.1, 0.15) is 6.54 Å². The number of aliphatic hydroxyl groups is 1. The van der Waals surface area contributed by atoms with E-state index >= 15 is 0 Å². The molecule has 0 radical (unpaired) electrons. The van der Waals surface area contributed by atoms with Crippen molar-refractivity contribution in [1.82, 2.24) is 14.9 Å². The zero-order chi connectivity index (χ0) is 27.9. The molecule has 0 saturated carbocycles. The second-order valence-electron chi connectivity index (χ2n) is 9.47. The minimum Gasteiger partial charge on any atom is -0.465 e. The number of anilines is 1. The van der Waals surface area contributed by atoms with Crippen LogP contribution in [0.4, 0.5) is 10.5 Å². The van der Waals surface area contributed by atoms with E-state index in [2.05, 4.69) is 20.2 Å². The first-order valence-electron chi connectivity index (χ1n) is 13.2. The third kappa shape index (κ3) is 6.66. The maximum Gasteiger partial charge on any atom is 0.325 e. The van der Waals surface area contributed by atoms with Crippen LogP contribution < -0.4 is 10.6 Å². The number of ether oxygens (including phenoxy) is 3. The number of nitrogens with zero attached hydrogens (tertiary/aromatic N) is 2. The molecule has 3 unspecified atom stereocenters. The van der Waals surface area contributed by atoms with Crippen LogP contribution in [0, 0.1) is 0 Å². The lowest BCUT2D eigenvalue weighted by molar-refractivity contribution is -0.252. The summed E-state index contributed by atoms with van der Waals surface area (Å²) >= 11 is 0. The lowest BCUT2D eigenvalue weighted by Crippen LogP contribution is -2.34. The van der Waals surface area contributed by atoms with Gasteiger partial charge in [-0.25, -0.2) is 9.78 Å². The molecule has 208 valence electrons. The lowest BCUT2D eigenvalue weighted by Gasteiger charge is -2.36. The van der Waals surface area contributed by atoms with Crippen molar-refractivity contribution < 1.29 is 28.9 Å². The largest absolute Gasteiger partial charge is 0.465 e. The second kappa shape index (κ2) is 12.7. The summed E-state index contributed by atoms with van der Waals surface area (Å²) in [6, 6.07) is 22.4. The Bertz CT molecular complexity index is 1440. The fourth-order valence-electron chi connectivity index (χ4n) is 4.67. The highest BCUT2D eigenvalue weighted by Gasteiger charge is 2.32. The zero-order valence-corrected chi connectivity index (χ0v) is 22.2. The number of hydrogen-bond donors (Lipinski definition) is 3. The summed E-state index contributed by atoms with van der Waals surface area (Å²) in [6.07, 6.45) is 1.45. The first-order chi connectivity index (χ1) is 19.5. The van der Waals surface area contributed by atoms with Gasteiger partial charge >= 0.3 is 12.0 Å². The van der Waals surface area contributed by atoms with Gasteiger partial charge < -0.3 is 34.5 Å². The summed E-state index contributed by atoms with van der Waals surface area (Å²) < 4.78 is 19.8. The molecule has 40 heavy (non-hydrogen) atoms. The van der Waals surface area contributed by atoms with Crippen LogP contribution in [-0.2, 0) is 32.2 Å². The van der Waals surface area contributed by atoms with Crippen LogP contribution in [0.5, 0.6) is 0 Å². The van der Waals surface area contributed by atoms with Gasteiger partial charge in [-0.3, -0.25) is 4.79 Å². The van der Waals surface area contributed by atoms with Gasteiger partial charge in [-0.2, -0.15) is 0 Å². The van der Waals surface area contributed by atoms with Crippen molar-refractivity contribution >= 4 is 28.7 Å². The summed E-state index contributed by atoms with van der Waals surface area (Å²) in [7, 11) is 0. The number of hydrogen-bond acceptors (Lipinski definition) is 7. The van der Waals surface area contributed by atoms with Gasteiger partial charge in [0.05, 0.1) is 49.3 Å². The Kier molecular flexibility index (Phi) is 8.70. The third-order valence-electron chi connectivity index (χ3n) is 6.68. The van der Waals surface area contributed by atoms with E-state index in [-0.39, 0.29) is 32.0 Å². The number of urea groups is 1. The molecule has 10 nitrogen and oxygen atoms in total. The van der Waals surface area contributed by atoms with E-state index in [9.17, 15) is 14.7 Å². The smallest absolute Gasteiger partial charge is 0.325 e. The van der Waals surface area contributed by atoms with E-state index in [1.54, 1.807) is 19.1 Å². The molecule has 3 N–H and O–H groups in total. The molecule has 1 fully saturated rings. The number of fused-ring (bicyclic) bond motifs is 1. The number of aromatic nitrogens is 2. The molecule has 1 saturated heterocycles. The minimum atomic E-state index is -0.636. The Hall–Kier alpha value is -4.25. The number of imidazole rings is 1. The number of para-hydroxylation sites is 2. The maximum atomic E-state index is 12.1. The summed E-state index contributed by atoms with van der Waals surface area (Å²) in [5.41, 5.74) is 5.16. The monoisotopic (exact) mass is 544 g/mol. The highest BCUT2D eigenvalue weighted by atomic mass is 16.7. The fraction of sp³-hybridized carbons (Fsp3) is 0.300. The molecule has 1 aromatic heterocycles. The Labute approximate surface area is 231 Å². The van der Waals surface area contributed by atoms with Crippen molar-refractivity contribution in [3.63, 3.8) is 0 Å². The van der Waals surface area contributed by atoms with E-state index in [1.165, 1.54) is 0 Å². The van der Waals surface area contributed by atoms with Gasteiger partial charge in [0.25, 0.3) is 0 Å². The summed E-state index contributed by atoms with van der Waals surface area (Å²) in [4.78, 5) is 28.1. The number of nitrogens with one attached hydrogen (secondary N) is 2. The van der Waals surface area contributed by atoms with Gasteiger partial charge in [0, 0.05) is 17.7 Å². The Morgan fingerprint density at radius 2 is 1.77 bits per heavy atom. The number of benzene rings is 3. The second-order valence-corrected chi connectivity index (χ2v) is 9.47. The van der Waals surface area contributed by atoms with Crippen molar-refractivity contribution in [3.8, 4) is 0 Å². The first kappa shape index (κ1) is 27.3. The number of esters is 1. The molecule has 3 aromatic carbocycles. The van der Waals surface area contributed by atoms with Crippen LogP contribution in [0.25, 0.3) is 11.0 Å². The van der Waals surface area contributed by atoms with Crippen LogP contribution in [-0.4, -0.2) is 45.9 Å². The molecule has 0 bridgehead atoms. The molecule has 2 amide bonds. The SMILES string of the molecule is CCOC(=O)CNC(=O)Nc1ccc(C2OC(Cn3cnc4ccccc43)CC(c3ccc(CO)cc3)O2)cc1. The topological polar surface area (TPSA) is 124 Å². The Morgan fingerprint density at radius 3 is 2.52 bits per heavy atom. The van der Waals surface area contributed by atoms with Gasteiger partial charge in [-0.05, 0) is 42.3 Å². The van der Waals surface area contributed by atoms with Gasteiger partial charge in [0.2, 0.25) is 0 Å². The minimum absolute atomic E-state index is 0.0187. The molecule has 4 aromatic rings. The number of carbonyl (C=O) groups excluding carboxylic acids is 2. The molecule has 2 heterocycles. The number of aliphatic hydroxyl groups excluding tert-OH is 1. The molecule has 1 aliphatic heterocycles. The predicted molar refractivity (Wildman–Crippen MR) is 148 cm³/mol. The Morgan fingerprint density at radius 1 is 1.02 bits per heavy atom.